The van der Waals surface area contributed by atoms with Crippen LogP contribution >= 0.6 is 0 Å². The summed E-state index contributed by atoms with van der Waals surface area (Å²) in [4.78, 5) is 0. The Morgan fingerprint density at radius 1 is 0.364 bits per heavy atom. The third kappa shape index (κ3) is 19.2. The van der Waals surface area contributed by atoms with Gasteiger partial charge in [0.15, 0.2) is 0 Å². The first kappa shape index (κ1) is 21.2. The smallest absolute Gasteiger partial charge is 0.0316 e. The highest BCUT2D eigenvalue weighted by Gasteiger charge is 1.85. The van der Waals surface area contributed by atoms with Gasteiger partial charge in [-0.3, -0.25) is 0 Å². The lowest BCUT2D eigenvalue weighted by Crippen LogP contribution is -1.74. The van der Waals surface area contributed by atoms with Crippen molar-refractivity contribution in [1.82, 2.24) is 0 Å². The first-order valence-corrected chi connectivity index (χ1v) is 9.86. The molecule has 0 aromatic rings. The van der Waals surface area contributed by atoms with E-state index < -0.39 is 0 Å². The Labute approximate surface area is 140 Å². The summed E-state index contributed by atoms with van der Waals surface area (Å²) in [5, 5.41) is 0. The molecule has 0 saturated heterocycles. The van der Waals surface area contributed by atoms with Crippen LogP contribution in [0.4, 0.5) is 0 Å². The van der Waals surface area contributed by atoms with E-state index in [2.05, 4.69) is 50.3 Å². The molecule has 0 aromatic heterocycles. The van der Waals surface area contributed by atoms with Crippen LogP contribution in [-0.4, -0.2) is 0 Å². The fraction of sp³-hybridized carbons (Fsp3) is 0.727. The summed E-state index contributed by atoms with van der Waals surface area (Å²) in [5.74, 6) is 0. The number of allylic oxidation sites excluding steroid dienone is 6. The Bertz CT molecular complexity index is 242. The van der Waals surface area contributed by atoms with Crippen molar-refractivity contribution in [2.45, 2.75) is 104 Å². The topological polar surface area (TPSA) is 0 Å². The fourth-order valence-corrected chi connectivity index (χ4v) is 2.47. The normalized spacial score (nSPS) is 12.3. The second-order valence-corrected chi connectivity index (χ2v) is 6.27. The van der Waals surface area contributed by atoms with E-state index in [0.29, 0.717) is 0 Å². The zero-order chi connectivity index (χ0) is 16.1. The summed E-state index contributed by atoms with van der Waals surface area (Å²) < 4.78 is 0. The highest BCUT2D eigenvalue weighted by molar-refractivity contribution is 4.90. The van der Waals surface area contributed by atoms with E-state index in [1.165, 1.54) is 89.9 Å². The maximum Gasteiger partial charge on any atom is -0.0316 e. The van der Waals surface area contributed by atoms with Gasteiger partial charge in [0.2, 0.25) is 0 Å². The molecule has 0 heterocycles. The van der Waals surface area contributed by atoms with Crippen molar-refractivity contribution in [3.05, 3.63) is 36.5 Å². The van der Waals surface area contributed by atoms with Gasteiger partial charge in [-0.05, 0) is 51.4 Å². The molecule has 0 unspecified atom stereocenters. The molecule has 128 valence electrons. The first-order valence-electron chi connectivity index (χ1n) is 9.86. The van der Waals surface area contributed by atoms with Crippen LogP contribution in [0, 0.1) is 0 Å². The quantitative estimate of drug-likeness (QED) is 0.199. The molecule has 0 N–H and O–H groups in total. The molecule has 0 saturated carbocycles. The molecule has 0 aliphatic heterocycles. The predicted molar refractivity (Wildman–Crippen MR) is 103 cm³/mol. The molecule has 0 radical (unpaired) electrons. The number of hydrogen-bond donors (Lipinski definition) is 0. The SMILES string of the molecule is CCCCCC/C=C\CC/C=C\CC/C=C\CCCCCC. The summed E-state index contributed by atoms with van der Waals surface area (Å²) in [6.45, 7) is 4.54. The van der Waals surface area contributed by atoms with E-state index >= 15 is 0 Å². The van der Waals surface area contributed by atoms with Gasteiger partial charge in [0.05, 0.1) is 0 Å². The molecule has 0 aliphatic rings. The molecule has 0 amide bonds. The van der Waals surface area contributed by atoms with Crippen molar-refractivity contribution >= 4 is 0 Å². The van der Waals surface area contributed by atoms with Crippen molar-refractivity contribution in [3.63, 3.8) is 0 Å². The summed E-state index contributed by atoms with van der Waals surface area (Å²) in [7, 11) is 0. The van der Waals surface area contributed by atoms with Gasteiger partial charge in [-0.25, -0.2) is 0 Å². The van der Waals surface area contributed by atoms with Gasteiger partial charge in [0.25, 0.3) is 0 Å². The van der Waals surface area contributed by atoms with E-state index in [9.17, 15) is 0 Å². The van der Waals surface area contributed by atoms with E-state index in [-0.39, 0.29) is 0 Å². The molecule has 0 aromatic carbocycles. The van der Waals surface area contributed by atoms with Crippen LogP contribution in [0.1, 0.15) is 104 Å². The summed E-state index contributed by atoms with van der Waals surface area (Å²) in [6.07, 6.45) is 32.5. The van der Waals surface area contributed by atoms with Crippen molar-refractivity contribution in [1.29, 1.82) is 0 Å². The molecule has 0 atom stereocenters. The van der Waals surface area contributed by atoms with Gasteiger partial charge in [-0.2, -0.15) is 0 Å². The molecule has 0 nitrogen and oxygen atoms in total. The van der Waals surface area contributed by atoms with Crippen LogP contribution < -0.4 is 0 Å². The molecule has 0 rings (SSSR count). The molecule has 0 fully saturated rings. The molecular weight excluding hydrogens is 264 g/mol. The van der Waals surface area contributed by atoms with Gasteiger partial charge < -0.3 is 0 Å². The molecule has 0 bridgehead atoms. The minimum atomic E-state index is 1.20. The Balaban J connectivity index is 3.23. The summed E-state index contributed by atoms with van der Waals surface area (Å²) in [6, 6.07) is 0. The number of hydrogen-bond acceptors (Lipinski definition) is 0. The largest absolute Gasteiger partial charge is 0.0885 e. The van der Waals surface area contributed by atoms with E-state index in [1.54, 1.807) is 0 Å². The lowest BCUT2D eigenvalue weighted by molar-refractivity contribution is 0.674. The van der Waals surface area contributed by atoms with Crippen molar-refractivity contribution in [2.75, 3.05) is 0 Å². The molecule has 0 heteroatoms. The van der Waals surface area contributed by atoms with E-state index in [1.807, 2.05) is 0 Å². The van der Waals surface area contributed by atoms with Gasteiger partial charge in [-0.15, -0.1) is 0 Å². The average molecular weight is 305 g/mol. The van der Waals surface area contributed by atoms with Crippen LogP contribution in [0.3, 0.4) is 0 Å². The van der Waals surface area contributed by atoms with Gasteiger partial charge in [0.1, 0.15) is 0 Å². The number of rotatable bonds is 16. The lowest BCUT2D eigenvalue weighted by Gasteiger charge is -1.94. The lowest BCUT2D eigenvalue weighted by atomic mass is 10.1. The molecule has 0 aliphatic carbocycles. The maximum atomic E-state index is 2.37. The van der Waals surface area contributed by atoms with Crippen molar-refractivity contribution in [3.8, 4) is 0 Å². The van der Waals surface area contributed by atoms with Gasteiger partial charge >= 0.3 is 0 Å². The van der Waals surface area contributed by atoms with Crippen LogP contribution in [-0.2, 0) is 0 Å². The van der Waals surface area contributed by atoms with Crippen molar-refractivity contribution in [2.24, 2.45) is 0 Å². The third-order valence-electron chi connectivity index (χ3n) is 3.95. The summed E-state index contributed by atoms with van der Waals surface area (Å²) in [5.41, 5.74) is 0. The third-order valence-corrected chi connectivity index (χ3v) is 3.95. The zero-order valence-electron chi connectivity index (χ0n) is 15.4. The monoisotopic (exact) mass is 304 g/mol. The molecular formula is C22H40. The minimum absolute atomic E-state index is 1.20. The average Bonchev–Trinajstić information content (AvgIpc) is 2.54. The molecule has 0 spiro atoms. The standard InChI is InChI=1S/C22H40/c1-3-5-7-9-11-13-15-17-19-21-22-20-18-16-14-12-10-8-6-4-2/h13-16,21-22H,3-12,17-20H2,1-2H3/b15-13-,16-14-,22-21-. The Hall–Kier alpha value is -0.780. The second kappa shape index (κ2) is 20.2. The van der Waals surface area contributed by atoms with Crippen LogP contribution in [0.15, 0.2) is 36.5 Å². The zero-order valence-corrected chi connectivity index (χ0v) is 15.4. The Morgan fingerprint density at radius 2 is 0.682 bits per heavy atom. The minimum Gasteiger partial charge on any atom is -0.0885 e. The highest BCUT2D eigenvalue weighted by Crippen LogP contribution is 2.05. The van der Waals surface area contributed by atoms with Gasteiger partial charge in [0, 0.05) is 0 Å². The Morgan fingerprint density at radius 3 is 1.00 bits per heavy atom. The number of unbranched alkanes of at least 4 members (excludes halogenated alkanes) is 10. The van der Waals surface area contributed by atoms with Crippen LogP contribution in [0.2, 0.25) is 0 Å². The Kier molecular flexibility index (Phi) is 19.5. The fourth-order valence-electron chi connectivity index (χ4n) is 2.47. The van der Waals surface area contributed by atoms with E-state index in [0.717, 1.165) is 0 Å². The van der Waals surface area contributed by atoms with Gasteiger partial charge in [-0.1, -0.05) is 88.8 Å². The summed E-state index contributed by atoms with van der Waals surface area (Å²) >= 11 is 0. The first-order chi connectivity index (χ1) is 10.9. The van der Waals surface area contributed by atoms with Crippen LogP contribution in [0.25, 0.3) is 0 Å². The van der Waals surface area contributed by atoms with E-state index in [4.69, 9.17) is 0 Å². The second-order valence-electron chi connectivity index (χ2n) is 6.27. The molecule has 22 heavy (non-hydrogen) atoms. The predicted octanol–water partition coefficient (Wildman–Crippen LogP) is 8.16. The van der Waals surface area contributed by atoms with Crippen molar-refractivity contribution < 1.29 is 0 Å². The highest BCUT2D eigenvalue weighted by atomic mass is 13.9. The van der Waals surface area contributed by atoms with Crippen LogP contribution in [0.5, 0.6) is 0 Å². The maximum absolute atomic E-state index is 2.37.